The molecule has 2 rings (SSSR count). The Hall–Kier alpha value is -1.60. The van der Waals surface area contributed by atoms with Crippen molar-refractivity contribution in [3.63, 3.8) is 0 Å². The topological polar surface area (TPSA) is 54.5 Å². The van der Waals surface area contributed by atoms with E-state index in [1.165, 1.54) is 0 Å². The summed E-state index contributed by atoms with van der Waals surface area (Å²) < 4.78 is 2.06. The number of nitrogens with zero attached hydrogens (tertiary/aromatic N) is 4. The van der Waals surface area contributed by atoms with Crippen LogP contribution in [0.5, 0.6) is 0 Å². The second kappa shape index (κ2) is 6.03. The maximum Gasteiger partial charge on any atom is 0.160 e. The second-order valence-electron chi connectivity index (χ2n) is 4.54. The molecule has 0 amide bonds. The zero-order valence-corrected chi connectivity index (χ0v) is 12.0. The van der Waals surface area contributed by atoms with Gasteiger partial charge in [0.25, 0.3) is 0 Å². The number of imidazole rings is 1. The third-order valence-corrected chi connectivity index (χ3v) is 3.59. The number of aryl methyl sites for hydroxylation is 1. The molecule has 19 heavy (non-hydrogen) atoms. The highest BCUT2D eigenvalue weighted by atomic mass is 35.5. The van der Waals surface area contributed by atoms with Crippen LogP contribution in [-0.2, 0) is 6.54 Å². The van der Waals surface area contributed by atoms with Gasteiger partial charge in [-0.05, 0) is 18.9 Å². The molecule has 0 spiro atoms. The van der Waals surface area contributed by atoms with Gasteiger partial charge in [-0.3, -0.25) is 0 Å². The third kappa shape index (κ3) is 2.71. The maximum absolute atomic E-state index is 8.80. The number of fused-ring (bicyclic) bond motifs is 1. The minimum atomic E-state index is 0.395. The van der Waals surface area contributed by atoms with Crippen LogP contribution in [0, 0.1) is 11.3 Å². The quantitative estimate of drug-likeness (QED) is 0.832. The van der Waals surface area contributed by atoms with E-state index in [4.69, 9.17) is 16.9 Å². The molecule has 0 aromatic carbocycles. The summed E-state index contributed by atoms with van der Waals surface area (Å²) in [6.45, 7) is 4.94. The summed E-state index contributed by atoms with van der Waals surface area (Å²) in [6.07, 6.45) is 4.15. The van der Waals surface area contributed by atoms with Gasteiger partial charge in [-0.15, -0.1) is 0 Å². The standard InChI is InChI=1S/C14H17ClN4/c1-3-10(4-2)13-18-12-8-11(15)9-17-14(12)19(13)7-5-6-16/h8-10H,3-5,7H2,1-2H3. The lowest BCUT2D eigenvalue weighted by molar-refractivity contribution is 0.555. The summed E-state index contributed by atoms with van der Waals surface area (Å²) in [5, 5.41) is 9.39. The van der Waals surface area contributed by atoms with Crippen LogP contribution in [0.2, 0.25) is 5.02 Å². The number of nitriles is 1. The summed E-state index contributed by atoms with van der Waals surface area (Å²) in [6, 6.07) is 4.01. The molecule has 5 heteroatoms. The van der Waals surface area contributed by atoms with E-state index < -0.39 is 0 Å². The van der Waals surface area contributed by atoms with Crippen LogP contribution in [0.15, 0.2) is 12.3 Å². The molecule has 0 unspecified atom stereocenters. The van der Waals surface area contributed by atoms with Crippen molar-refractivity contribution in [3.8, 4) is 6.07 Å². The first-order valence-corrected chi connectivity index (χ1v) is 6.97. The van der Waals surface area contributed by atoms with Gasteiger partial charge in [0.15, 0.2) is 5.65 Å². The van der Waals surface area contributed by atoms with Crippen molar-refractivity contribution in [1.29, 1.82) is 5.26 Å². The highest BCUT2D eigenvalue weighted by molar-refractivity contribution is 6.31. The molecular weight excluding hydrogens is 260 g/mol. The largest absolute Gasteiger partial charge is 0.311 e. The van der Waals surface area contributed by atoms with E-state index in [2.05, 4.69) is 34.5 Å². The van der Waals surface area contributed by atoms with Gasteiger partial charge in [-0.25, -0.2) is 9.97 Å². The SMILES string of the molecule is CCC(CC)c1nc2cc(Cl)cnc2n1CCC#N. The Morgan fingerprint density at radius 1 is 1.42 bits per heavy atom. The second-order valence-corrected chi connectivity index (χ2v) is 4.98. The van der Waals surface area contributed by atoms with Crippen molar-refractivity contribution < 1.29 is 0 Å². The smallest absolute Gasteiger partial charge is 0.160 e. The predicted octanol–water partition coefficient (Wildman–Crippen LogP) is 3.90. The minimum absolute atomic E-state index is 0.395. The molecule has 4 nitrogen and oxygen atoms in total. The molecule has 0 saturated carbocycles. The molecule has 0 fully saturated rings. The average molecular weight is 277 g/mol. The molecule has 2 aromatic rings. The number of hydrogen-bond acceptors (Lipinski definition) is 3. The number of halogens is 1. The fraction of sp³-hybridized carbons (Fsp3) is 0.500. The molecule has 0 bridgehead atoms. The molecule has 2 heterocycles. The number of aromatic nitrogens is 3. The van der Waals surface area contributed by atoms with Gasteiger partial charge in [0.1, 0.15) is 11.3 Å². The molecule has 0 atom stereocenters. The normalized spacial score (nSPS) is 11.1. The van der Waals surface area contributed by atoms with E-state index in [1.807, 2.05) is 6.07 Å². The van der Waals surface area contributed by atoms with Crippen molar-refractivity contribution >= 4 is 22.8 Å². The molecule has 0 aliphatic carbocycles. The zero-order chi connectivity index (χ0) is 13.8. The van der Waals surface area contributed by atoms with E-state index in [0.717, 1.165) is 29.8 Å². The molecule has 0 radical (unpaired) electrons. The van der Waals surface area contributed by atoms with Crippen LogP contribution >= 0.6 is 11.6 Å². The molecular formula is C14H17ClN4. The maximum atomic E-state index is 8.80. The molecule has 0 aliphatic rings. The lowest BCUT2D eigenvalue weighted by Crippen LogP contribution is -2.09. The Balaban J connectivity index is 2.57. The van der Waals surface area contributed by atoms with Crippen LogP contribution in [0.25, 0.3) is 11.2 Å². The Morgan fingerprint density at radius 2 is 2.16 bits per heavy atom. The Bertz CT molecular complexity index is 608. The van der Waals surface area contributed by atoms with E-state index in [1.54, 1.807) is 6.20 Å². The van der Waals surface area contributed by atoms with Gasteiger partial charge in [-0.2, -0.15) is 5.26 Å². The summed E-state index contributed by atoms with van der Waals surface area (Å²) in [5.74, 6) is 1.41. The first-order chi connectivity index (χ1) is 9.21. The van der Waals surface area contributed by atoms with Gasteiger partial charge >= 0.3 is 0 Å². The van der Waals surface area contributed by atoms with Crippen LogP contribution < -0.4 is 0 Å². The van der Waals surface area contributed by atoms with Crippen molar-refractivity contribution in [2.24, 2.45) is 0 Å². The molecule has 100 valence electrons. The number of pyridine rings is 1. The predicted molar refractivity (Wildman–Crippen MR) is 76.1 cm³/mol. The fourth-order valence-electron chi connectivity index (χ4n) is 2.35. The molecule has 0 aliphatic heterocycles. The van der Waals surface area contributed by atoms with Gasteiger partial charge < -0.3 is 4.57 Å². The number of rotatable bonds is 5. The van der Waals surface area contributed by atoms with Gasteiger partial charge in [0, 0.05) is 18.7 Å². The fourth-order valence-corrected chi connectivity index (χ4v) is 2.50. The van der Waals surface area contributed by atoms with Crippen LogP contribution in [0.1, 0.15) is 44.9 Å². The van der Waals surface area contributed by atoms with Gasteiger partial charge in [0.2, 0.25) is 0 Å². The zero-order valence-electron chi connectivity index (χ0n) is 11.2. The third-order valence-electron chi connectivity index (χ3n) is 3.38. The monoisotopic (exact) mass is 276 g/mol. The summed E-state index contributed by atoms with van der Waals surface area (Å²) in [4.78, 5) is 9.04. The van der Waals surface area contributed by atoms with Crippen LogP contribution in [0.3, 0.4) is 0 Å². The first kappa shape index (κ1) is 13.8. The number of hydrogen-bond donors (Lipinski definition) is 0. The van der Waals surface area contributed by atoms with E-state index in [-0.39, 0.29) is 0 Å². The Morgan fingerprint density at radius 3 is 2.79 bits per heavy atom. The first-order valence-electron chi connectivity index (χ1n) is 6.59. The lowest BCUT2D eigenvalue weighted by atomic mass is 10.0. The lowest BCUT2D eigenvalue weighted by Gasteiger charge is -2.13. The minimum Gasteiger partial charge on any atom is -0.311 e. The van der Waals surface area contributed by atoms with E-state index in [9.17, 15) is 0 Å². The van der Waals surface area contributed by atoms with Gasteiger partial charge in [0.05, 0.1) is 17.5 Å². The van der Waals surface area contributed by atoms with Crippen molar-refractivity contribution in [2.45, 2.75) is 45.6 Å². The molecule has 2 aromatic heterocycles. The Labute approximate surface area is 118 Å². The summed E-state index contributed by atoms with van der Waals surface area (Å²) >= 11 is 5.97. The average Bonchev–Trinajstić information content (AvgIpc) is 2.75. The van der Waals surface area contributed by atoms with E-state index >= 15 is 0 Å². The van der Waals surface area contributed by atoms with Crippen LogP contribution in [-0.4, -0.2) is 14.5 Å². The summed E-state index contributed by atoms with van der Waals surface area (Å²) in [5.41, 5.74) is 1.63. The highest BCUT2D eigenvalue weighted by Gasteiger charge is 2.18. The summed E-state index contributed by atoms with van der Waals surface area (Å²) in [7, 11) is 0. The van der Waals surface area contributed by atoms with Crippen molar-refractivity contribution in [1.82, 2.24) is 14.5 Å². The Kier molecular flexibility index (Phi) is 4.39. The van der Waals surface area contributed by atoms with E-state index in [0.29, 0.717) is 23.9 Å². The molecule has 0 saturated heterocycles. The van der Waals surface area contributed by atoms with Crippen molar-refractivity contribution in [3.05, 3.63) is 23.1 Å². The van der Waals surface area contributed by atoms with Crippen molar-refractivity contribution in [2.75, 3.05) is 0 Å². The highest BCUT2D eigenvalue weighted by Crippen LogP contribution is 2.27. The van der Waals surface area contributed by atoms with Gasteiger partial charge in [-0.1, -0.05) is 25.4 Å². The molecule has 0 N–H and O–H groups in total. The van der Waals surface area contributed by atoms with Crippen LogP contribution in [0.4, 0.5) is 0 Å².